The molecular formula is C13H10BrClN2O. The molecule has 0 unspecified atom stereocenters. The molecule has 1 amide bonds. The van der Waals surface area contributed by atoms with Gasteiger partial charge in [0.05, 0.1) is 22.0 Å². The quantitative estimate of drug-likeness (QED) is 0.822. The van der Waals surface area contributed by atoms with E-state index in [9.17, 15) is 4.79 Å². The molecule has 2 rings (SSSR count). The van der Waals surface area contributed by atoms with Crippen molar-refractivity contribution in [2.45, 2.75) is 0 Å². The van der Waals surface area contributed by atoms with Crippen molar-refractivity contribution in [2.24, 2.45) is 0 Å². The van der Waals surface area contributed by atoms with Gasteiger partial charge in [0.15, 0.2) is 0 Å². The highest BCUT2D eigenvalue weighted by Crippen LogP contribution is 2.27. The molecular weight excluding hydrogens is 316 g/mol. The molecule has 0 aliphatic carbocycles. The summed E-state index contributed by atoms with van der Waals surface area (Å²) in [5.74, 6) is -0.292. The largest absolute Gasteiger partial charge is 0.397 e. The van der Waals surface area contributed by atoms with Crippen LogP contribution in [-0.2, 0) is 0 Å². The Hall–Kier alpha value is -1.52. The minimum Gasteiger partial charge on any atom is -0.397 e. The van der Waals surface area contributed by atoms with E-state index in [0.717, 1.165) is 0 Å². The van der Waals surface area contributed by atoms with Crippen molar-refractivity contribution < 1.29 is 4.79 Å². The van der Waals surface area contributed by atoms with Gasteiger partial charge in [0.1, 0.15) is 0 Å². The highest BCUT2D eigenvalue weighted by Gasteiger charge is 2.13. The van der Waals surface area contributed by atoms with E-state index in [1.165, 1.54) is 0 Å². The molecule has 5 heteroatoms. The van der Waals surface area contributed by atoms with Gasteiger partial charge in [0, 0.05) is 4.47 Å². The van der Waals surface area contributed by atoms with E-state index in [-0.39, 0.29) is 5.91 Å². The number of carbonyl (C=O) groups excluding carboxylic acids is 1. The molecule has 0 saturated heterocycles. The zero-order valence-corrected chi connectivity index (χ0v) is 11.6. The Balaban J connectivity index is 2.28. The number of benzene rings is 2. The van der Waals surface area contributed by atoms with Gasteiger partial charge in [0.25, 0.3) is 5.91 Å². The van der Waals surface area contributed by atoms with Crippen LogP contribution in [0, 0.1) is 0 Å². The number of anilines is 2. The molecule has 0 heterocycles. The van der Waals surface area contributed by atoms with Crippen LogP contribution in [0.25, 0.3) is 0 Å². The van der Waals surface area contributed by atoms with Crippen LogP contribution in [0.1, 0.15) is 10.4 Å². The fourth-order valence-electron chi connectivity index (χ4n) is 1.48. The Kier molecular flexibility index (Phi) is 3.89. The fourth-order valence-corrected chi connectivity index (χ4v) is 2.06. The molecule has 0 aliphatic heterocycles. The summed E-state index contributed by atoms with van der Waals surface area (Å²) in [6.07, 6.45) is 0. The van der Waals surface area contributed by atoms with Crippen molar-refractivity contribution in [1.82, 2.24) is 0 Å². The molecule has 0 aliphatic rings. The van der Waals surface area contributed by atoms with E-state index in [1.54, 1.807) is 42.5 Å². The van der Waals surface area contributed by atoms with Crippen LogP contribution in [0.4, 0.5) is 11.4 Å². The molecule has 92 valence electrons. The van der Waals surface area contributed by atoms with Crippen molar-refractivity contribution in [3.63, 3.8) is 0 Å². The standard InChI is InChI=1S/C13H10BrClN2O/c14-9-5-3-4-8(12(9)15)13(18)17-11-7-2-1-6-10(11)16/h1-7H,16H2,(H,17,18). The average Bonchev–Trinajstić information content (AvgIpc) is 2.35. The predicted octanol–water partition coefficient (Wildman–Crippen LogP) is 3.94. The summed E-state index contributed by atoms with van der Waals surface area (Å²) >= 11 is 9.33. The van der Waals surface area contributed by atoms with Gasteiger partial charge < -0.3 is 11.1 Å². The lowest BCUT2D eigenvalue weighted by molar-refractivity contribution is 0.102. The maximum absolute atomic E-state index is 12.1. The monoisotopic (exact) mass is 324 g/mol. The smallest absolute Gasteiger partial charge is 0.257 e. The number of amides is 1. The third-order valence-electron chi connectivity index (χ3n) is 2.41. The van der Waals surface area contributed by atoms with Gasteiger partial charge in [-0.05, 0) is 40.2 Å². The van der Waals surface area contributed by atoms with Crippen LogP contribution in [0.2, 0.25) is 5.02 Å². The molecule has 0 atom stereocenters. The lowest BCUT2D eigenvalue weighted by atomic mass is 10.2. The number of nitrogens with one attached hydrogen (secondary N) is 1. The first kappa shape index (κ1) is 12.9. The highest BCUT2D eigenvalue weighted by molar-refractivity contribution is 9.10. The Labute approximate surface area is 118 Å². The molecule has 18 heavy (non-hydrogen) atoms. The third kappa shape index (κ3) is 2.66. The van der Waals surface area contributed by atoms with Crippen LogP contribution in [0.3, 0.4) is 0 Å². The summed E-state index contributed by atoms with van der Waals surface area (Å²) in [6.45, 7) is 0. The van der Waals surface area contributed by atoms with Gasteiger partial charge in [-0.2, -0.15) is 0 Å². The van der Waals surface area contributed by atoms with Gasteiger partial charge in [0.2, 0.25) is 0 Å². The Morgan fingerprint density at radius 1 is 1.17 bits per heavy atom. The average molecular weight is 326 g/mol. The summed E-state index contributed by atoms with van der Waals surface area (Å²) in [5, 5.41) is 3.10. The normalized spacial score (nSPS) is 10.1. The summed E-state index contributed by atoms with van der Waals surface area (Å²) in [5.41, 5.74) is 7.23. The van der Waals surface area contributed by atoms with E-state index < -0.39 is 0 Å². The zero-order chi connectivity index (χ0) is 13.1. The second kappa shape index (κ2) is 5.42. The molecule has 2 aromatic carbocycles. The van der Waals surface area contributed by atoms with Gasteiger partial charge in [-0.3, -0.25) is 4.79 Å². The molecule has 0 bridgehead atoms. The van der Waals surface area contributed by atoms with Crippen LogP contribution in [0.5, 0.6) is 0 Å². The van der Waals surface area contributed by atoms with Crippen LogP contribution in [0.15, 0.2) is 46.9 Å². The molecule has 0 radical (unpaired) electrons. The van der Waals surface area contributed by atoms with E-state index in [0.29, 0.717) is 26.4 Å². The number of nitrogen functional groups attached to an aromatic ring is 1. The van der Waals surface area contributed by atoms with Crippen molar-refractivity contribution in [2.75, 3.05) is 11.1 Å². The summed E-state index contributed by atoms with van der Waals surface area (Å²) < 4.78 is 0.679. The molecule has 0 aromatic heterocycles. The van der Waals surface area contributed by atoms with Gasteiger partial charge in [-0.25, -0.2) is 0 Å². The second-order valence-electron chi connectivity index (χ2n) is 3.64. The highest BCUT2D eigenvalue weighted by atomic mass is 79.9. The van der Waals surface area contributed by atoms with Gasteiger partial charge in [-0.15, -0.1) is 0 Å². The Morgan fingerprint density at radius 3 is 2.61 bits per heavy atom. The van der Waals surface area contributed by atoms with Crippen molar-refractivity contribution in [3.05, 3.63) is 57.5 Å². The van der Waals surface area contributed by atoms with Crippen molar-refractivity contribution in [3.8, 4) is 0 Å². The molecule has 2 aromatic rings. The maximum atomic E-state index is 12.1. The summed E-state index contributed by atoms with van der Waals surface area (Å²) in [7, 11) is 0. The third-order valence-corrected chi connectivity index (χ3v) is 3.70. The van der Waals surface area contributed by atoms with Gasteiger partial charge in [-0.1, -0.05) is 29.8 Å². The number of carbonyl (C=O) groups is 1. The molecule has 0 saturated carbocycles. The first-order chi connectivity index (χ1) is 8.59. The minimum absolute atomic E-state index is 0.292. The minimum atomic E-state index is -0.292. The topological polar surface area (TPSA) is 55.1 Å². The Morgan fingerprint density at radius 2 is 1.89 bits per heavy atom. The van der Waals surface area contributed by atoms with Crippen LogP contribution >= 0.6 is 27.5 Å². The first-order valence-electron chi connectivity index (χ1n) is 5.19. The van der Waals surface area contributed by atoms with Crippen molar-refractivity contribution in [1.29, 1.82) is 0 Å². The lowest BCUT2D eigenvalue weighted by Crippen LogP contribution is -2.13. The number of rotatable bonds is 2. The lowest BCUT2D eigenvalue weighted by Gasteiger charge is -2.09. The Bertz CT molecular complexity index is 601. The number of nitrogens with two attached hydrogens (primary N) is 1. The summed E-state index contributed by atoms with van der Waals surface area (Å²) in [4.78, 5) is 12.1. The van der Waals surface area contributed by atoms with Gasteiger partial charge >= 0.3 is 0 Å². The van der Waals surface area contributed by atoms with Crippen LogP contribution in [-0.4, -0.2) is 5.91 Å². The first-order valence-corrected chi connectivity index (χ1v) is 6.36. The maximum Gasteiger partial charge on any atom is 0.257 e. The number of halogens is 2. The van der Waals surface area contributed by atoms with E-state index in [4.69, 9.17) is 17.3 Å². The zero-order valence-electron chi connectivity index (χ0n) is 9.28. The number of para-hydroxylation sites is 2. The number of hydrogen-bond donors (Lipinski definition) is 2. The molecule has 3 N–H and O–H groups in total. The van der Waals surface area contributed by atoms with E-state index in [2.05, 4.69) is 21.2 Å². The van der Waals surface area contributed by atoms with Crippen molar-refractivity contribution >= 4 is 44.8 Å². The fraction of sp³-hybridized carbons (Fsp3) is 0. The SMILES string of the molecule is Nc1ccccc1NC(=O)c1cccc(Br)c1Cl. The van der Waals surface area contributed by atoms with Crippen LogP contribution < -0.4 is 11.1 Å². The van der Waals surface area contributed by atoms with E-state index in [1.807, 2.05) is 0 Å². The predicted molar refractivity (Wildman–Crippen MR) is 78.0 cm³/mol. The molecule has 0 fully saturated rings. The molecule has 3 nitrogen and oxygen atoms in total. The van der Waals surface area contributed by atoms with E-state index >= 15 is 0 Å². The number of hydrogen-bond acceptors (Lipinski definition) is 2. The second-order valence-corrected chi connectivity index (χ2v) is 4.88. The summed E-state index contributed by atoms with van der Waals surface area (Å²) in [6, 6.07) is 12.2. The molecule has 0 spiro atoms.